The van der Waals surface area contributed by atoms with Crippen LogP contribution in [-0.2, 0) is 6.54 Å². The number of rotatable bonds is 4. The summed E-state index contributed by atoms with van der Waals surface area (Å²) in [5, 5.41) is 3.90. The molecule has 0 unspecified atom stereocenters. The molecule has 2 aromatic heterocycles. The normalized spacial score (nSPS) is 15.1. The van der Waals surface area contributed by atoms with Gasteiger partial charge in [-0.15, -0.1) is 12.4 Å². The van der Waals surface area contributed by atoms with Crippen molar-refractivity contribution < 1.29 is 8.91 Å². The molecule has 1 saturated heterocycles. The van der Waals surface area contributed by atoms with E-state index in [0.29, 0.717) is 11.7 Å². The summed E-state index contributed by atoms with van der Waals surface area (Å²) < 4.78 is 18.5. The molecule has 3 aromatic rings. The van der Waals surface area contributed by atoms with Gasteiger partial charge in [-0.25, -0.2) is 9.37 Å². The predicted molar refractivity (Wildman–Crippen MR) is 108 cm³/mol. The van der Waals surface area contributed by atoms with E-state index >= 15 is 0 Å². The van der Waals surface area contributed by atoms with Crippen LogP contribution in [-0.4, -0.2) is 46.2 Å². The van der Waals surface area contributed by atoms with Gasteiger partial charge < -0.3 is 9.42 Å². The fourth-order valence-electron chi connectivity index (χ4n) is 3.41. The number of aryl methyl sites for hydroxylation is 1. The quantitative estimate of drug-likeness (QED) is 0.661. The van der Waals surface area contributed by atoms with Crippen molar-refractivity contribution in [2.24, 2.45) is 0 Å². The van der Waals surface area contributed by atoms with Crippen molar-refractivity contribution in [1.82, 2.24) is 20.0 Å². The fraction of sp³-hybridized carbons (Fsp3) is 0.350. The molecule has 0 aliphatic carbocycles. The van der Waals surface area contributed by atoms with Crippen molar-refractivity contribution in [1.29, 1.82) is 0 Å². The van der Waals surface area contributed by atoms with E-state index in [4.69, 9.17) is 4.52 Å². The van der Waals surface area contributed by atoms with Crippen molar-refractivity contribution in [2.45, 2.75) is 19.9 Å². The summed E-state index contributed by atoms with van der Waals surface area (Å²) in [5.74, 6) is 1.80. The number of benzene rings is 1. The third kappa shape index (κ3) is 4.66. The topological polar surface area (TPSA) is 58.3 Å². The molecule has 0 amide bonds. The van der Waals surface area contributed by atoms with Crippen molar-refractivity contribution in [2.75, 3.05) is 31.1 Å². The van der Waals surface area contributed by atoms with Crippen LogP contribution in [0.5, 0.6) is 0 Å². The number of halogens is 2. The number of pyridine rings is 1. The third-order valence-corrected chi connectivity index (χ3v) is 4.75. The Balaban J connectivity index is 0.00000225. The highest BCUT2D eigenvalue weighted by molar-refractivity contribution is 5.85. The highest BCUT2D eigenvalue weighted by Gasteiger charge is 2.21. The molecule has 6 nitrogen and oxygen atoms in total. The lowest BCUT2D eigenvalue weighted by Crippen LogP contribution is -2.31. The van der Waals surface area contributed by atoms with E-state index in [1.54, 1.807) is 6.20 Å². The fourth-order valence-corrected chi connectivity index (χ4v) is 3.41. The molecule has 0 spiro atoms. The maximum absolute atomic E-state index is 13.1. The Kier molecular flexibility index (Phi) is 6.59. The maximum Gasteiger partial charge on any atom is 0.261 e. The van der Waals surface area contributed by atoms with Crippen LogP contribution < -0.4 is 4.90 Å². The molecule has 1 aliphatic heterocycles. The van der Waals surface area contributed by atoms with E-state index in [1.165, 1.54) is 12.1 Å². The summed E-state index contributed by atoms with van der Waals surface area (Å²) in [6.45, 7) is 6.32. The molecule has 8 heteroatoms. The maximum atomic E-state index is 13.1. The monoisotopic (exact) mass is 403 g/mol. The standard InChI is InChI=1S/C20H22FN5O.ClH/c1-15-23-20(27-24-15)18-4-2-9-22-19(18)26-11-3-10-25(12-13-26)14-16-5-7-17(21)8-6-16;/h2,4-9H,3,10-14H2,1H3;1H. The van der Waals surface area contributed by atoms with E-state index < -0.39 is 0 Å². The van der Waals surface area contributed by atoms with Crippen LogP contribution in [0.4, 0.5) is 10.2 Å². The minimum atomic E-state index is -0.195. The van der Waals surface area contributed by atoms with Gasteiger partial charge in [0.1, 0.15) is 11.6 Å². The molecular weight excluding hydrogens is 381 g/mol. The summed E-state index contributed by atoms with van der Waals surface area (Å²) in [6.07, 6.45) is 2.82. The second kappa shape index (κ2) is 9.12. The van der Waals surface area contributed by atoms with Gasteiger partial charge in [-0.3, -0.25) is 4.90 Å². The number of anilines is 1. The smallest absolute Gasteiger partial charge is 0.261 e. The van der Waals surface area contributed by atoms with E-state index in [0.717, 1.165) is 56.1 Å². The highest BCUT2D eigenvalue weighted by Crippen LogP contribution is 2.28. The Bertz CT molecular complexity index is 902. The molecule has 1 fully saturated rings. The lowest BCUT2D eigenvalue weighted by atomic mass is 10.2. The molecule has 28 heavy (non-hydrogen) atoms. The van der Waals surface area contributed by atoms with Crippen LogP contribution in [0.15, 0.2) is 47.1 Å². The third-order valence-electron chi connectivity index (χ3n) is 4.75. The lowest BCUT2D eigenvalue weighted by Gasteiger charge is -2.24. The lowest BCUT2D eigenvalue weighted by molar-refractivity contribution is 0.285. The molecular formula is C20H23ClFN5O. The minimum absolute atomic E-state index is 0. The zero-order valence-corrected chi connectivity index (χ0v) is 16.5. The van der Waals surface area contributed by atoms with Gasteiger partial charge in [-0.1, -0.05) is 17.3 Å². The van der Waals surface area contributed by atoms with E-state index in [1.807, 2.05) is 31.2 Å². The molecule has 1 aromatic carbocycles. The van der Waals surface area contributed by atoms with Gasteiger partial charge in [0, 0.05) is 38.9 Å². The molecule has 4 rings (SSSR count). The van der Waals surface area contributed by atoms with Crippen molar-refractivity contribution in [3.8, 4) is 11.5 Å². The molecule has 0 atom stereocenters. The van der Waals surface area contributed by atoms with Gasteiger partial charge in [0.2, 0.25) is 0 Å². The molecule has 0 bridgehead atoms. The van der Waals surface area contributed by atoms with Gasteiger partial charge in [-0.05, 0) is 43.2 Å². The number of aromatic nitrogens is 3. The SMILES string of the molecule is Cc1noc(-c2cccnc2N2CCCN(Cc3ccc(F)cc3)CC2)n1.Cl. The van der Waals surface area contributed by atoms with Crippen molar-refractivity contribution in [3.05, 3.63) is 59.8 Å². The first-order valence-corrected chi connectivity index (χ1v) is 9.16. The Hall–Kier alpha value is -2.51. The minimum Gasteiger partial charge on any atom is -0.355 e. The first kappa shape index (κ1) is 20.2. The summed E-state index contributed by atoms with van der Waals surface area (Å²) in [4.78, 5) is 13.6. The van der Waals surface area contributed by atoms with Gasteiger partial charge in [0.15, 0.2) is 5.82 Å². The van der Waals surface area contributed by atoms with Gasteiger partial charge in [-0.2, -0.15) is 4.98 Å². The summed E-state index contributed by atoms with van der Waals surface area (Å²) >= 11 is 0. The average molecular weight is 404 g/mol. The molecule has 1 aliphatic rings. The Labute approximate surface area is 169 Å². The molecule has 3 heterocycles. The van der Waals surface area contributed by atoms with Crippen LogP contribution in [0.25, 0.3) is 11.5 Å². The van der Waals surface area contributed by atoms with Gasteiger partial charge in [0.25, 0.3) is 5.89 Å². The van der Waals surface area contributed by atoms with Crippen LogP contribution in [0.3, 0.4) is 0 Å². The van der Waals surface area contributed by atoms with Crippen LogP contribution in [0.2, 0.25) is 0 Å². The first-order valence-electron chi connectivity index (χ1n) is 9.16. The molecule has 0 N–H and O–H groups in total. The molecule has 0 saturated carbocycles. The number of hydrogen-bond donors (Lipinski definition) is 0. The first-order chi connectivity index (χ1) is 13.2. The molecule has 0 radical (unpaired) electrons. The van der Waals surface area contributed by atoms with Crippen molar-refractivity contribution >= 4 is 18.2 Å². The van der Waals surface area contributed by atoms with E-state index in [-0.39, 0.29) is 18.2 Å². The zero-order valence-electron chi connectivity index (χ0n) is 15.7. The molecule has 148 valence electrons. The Morgan fingerprint density at radius 1 is 1.07 bits per heavy atom. The average Bonchev–Trinajstić information content (AvgIpc) is 2.98. The van der Waals surface area contributed by atoms with Gasteiger partial charge >= 0.3 is 0 Å². The highest BCUT2D eigenvalue weighted by atomic mass is 35.5. The van der Waals surface area contributed by atoms with E-state index in [9.17, 15) is 4.39 Å². The largest absolute Gasteiger partial charge is 0.355 e. The van der Waals surface area contributed by atoms with Crippen LogP contribution in [0, 0.1) is 12.7 Å². The number of nitrogens with zero attached hydrogens (tertiary/aromatic N) is 5. The van der Waals surface area contributed by atoms with E-state index in [2.05, 4.69) is 24.9 Å². The predicted octanol–water partition coefficient (Wildman–Crippen LogP) is 3.71. The van der Waals surface area contributed by atoms with Crippen LogP contribution >= 0.6 is 12.4 Å². The number of hydrogen-bond acceptors (Lipinski definition) is 6. The second-order valence-electron chi connectivity index (χ2n) is 6.76. The summed E-state index contributed by atoms with van der Waals surface area (Å²) in [7, 11) is 0. The van der Waals surface area contributed by atoms with Crippen molar-refractivity contribution in [3.63, 3.8) is 0 Å². The van der Waals surface area contributed by atoms with Crippen LogP contribution in [0.1, 0.15) is 17.8 Å². The summed E-state index contributed by atoms with van der Waals surface area (Å²) in [6, 6.07) is 10.6. The Morgan fingerprint density at radius 2 is 1.89 bits per heavy atom. The zero-order chi connectivity index (χ0) is 18.6. The second-order valence-corrected chi connectivity index (χ2v) is 6.76. The van der Waals surface area contributed by atoms with Gasteiger partial charge in [0.05, 0.1) is 5.56 Å². The summed E-state index contributed by atoms with van der Waals surface area (Å²) in [5.41, 5.74) is 2.00. The Morgan fingerprint density at radius 3 is 2.64 bits per heavy atom.